The summed E-state index contributed by atoms with van der Waals surface area (Å²) in [7, 11) is 0. The molecule has 0 radical (unpaired) electrons. The summed E-state index contributed by atoms with van der Waals surface area (Å²) in [5.41, 5.74) is 1.45. The van der Waals surface area contributed by atoms with E-state index in [2.05, 4.69) is 47.4 Å². The van der Waals surface area contributed by atoms with E-state index in [1.807, 2.05) is 4.90 Å². The lowest BCUT2D eigenvalue weighted by Crippen LogP contribution is -2.30. The third-order valence-corrected chi connectivity index (χ3v) is 5.26. The molecule has 1 amide bonds. The van der Waals surface area contributed by atoms with Crippen LogP contribution in [0.2, 0.25) is 0 Å². The first-order chi connectivity index (χ1) is 11.8. The lowest BCUT2D eigenvalue weighted by molar-refractivity contribution is 0.156. The van der Waals surface area contributed by atoms with Gasteiger partial charge in [0.05, 0.1) is 6.54 Å². The summed E-state index contributed by atoms with van der Waals surface area (Å²) < 4.78 is 5.00. The first-order valence-corrected chi connectivity index (χ1v) is 8.96. The Balaban J connectivity index is 1.45. The average Bonchev–Trinajstić information content (AvgIpc) is 3.24. The molecule has 2 aromatic rings. The van der Waals surface area contributed by atoms with E-state index in [0.717, 1.165) is 32.6 Å². The number of nitrogens with zero attached hydrogens (tertiary/aromatic N) is 2. The molecule has 126 valence electrons. The topological polar surface area (TPSA) is 32.8 Å². The lowest BCUT2D eigenvalue weighted by Gasteiger charge is -2.26. The number of carbonyl (C=O) groups is 1. The first-order valence-electron chi connectivity index (χ1n) is 8.96. The molecule has 0 aliphatic carbocycles. The van der Waals surface area contributed by atoms with E-state index in [1.165, 1.54) is 29.2 Å². The maximum Gasteiger partial charge on any atom is 0.409 e. The van der Waals surface area contributed by atoms with Crippen LogP contribution in [0.25, 0.3) is 10.8 Å². The minimum atomic E-state index is -0.151. The summed E-state index contributed by atoms with van der Waals surface area (Å²) in [5, 5.41) is 2.70. The largest absolute Gasteiger partial charge is 0.448 e. The zero-order chi connectivity index (χ0) is 16.4. The van der Waals surface area contributed by atoms with Crippen molar-refractivity contribution >= 4 is 16.9 Å². The van der Waals surface area contributed by atoms with E-state index in [0.29, 0.717) is 12.6 Å². The second-order valence-corrected chi connectivity index (χ2v) is 6.72. The number of rotatable bonds is 5. The summed E-state index contributed by atoms with van der Waals surface area (Å²) >= 11 is 0. The standard InChI is InChI=1S/C20H24N2O2/c23-20-22(14-15-24-20)13-5-12-21-11-4-10-19(21)18-9-3-7-16-6-1-2-8-17(16)18/h1-3,6-9,19H,4-5,10-15H2. The van der Waals surface area contributed by atoms with Gasteiger partial charge in [0.15, 0.2) is 0 Å². The Morgan fingerprint density at radius 3 is 2.79 bits per heavy atom. The number of hydrogen-bond donors (Lipinski definition) is 0. The van der Waals surface area contributed by atoms with Crippen LogP contribution < -0.4 is 0 Å². The van der Waals surface area contributed by atoms with Gasteiger partial charge in [-0.15, -0.1) is 0 Å². The molecule has 0 N–H and O–H groups in total. The van der Waals surface area contributed by atoms with Crippen molar-refractivity contribution in [1.29, 1.82) is 0 Å². The van der Waals surface area contributed by atoms with Crippen LogP contribution in [-0.4, -0.2) is 48.7 Å². The first kappa shape index (κ1) is 15.5. The molecular formula is C20H24N2O2. The van der Waals surface area contributed by atoms with Crippen LogP contribution in [0.1, 0.15) is 30.9 Å². The Bertz CT molecular complexity index is 725. The van der Waals surface area contributed by atoms with Crippen LogP contribution in [0.15, 0.2) is 42.5 Å². The summed E-state index contributed by atoms with van der Waals surface area (Å²) in [6.07, 6.45) is 3.33. The van der Waals surface area contributed by atoms with Crippen LogP contribution in [0.3, 0.4) is 0 Å². The summed E-state index contributed by atoms with van der Waals surface area (Å²) in [4.78, 5) is 15.9. The van der Waals surface area contributed by atoms with E-state index in [9.17, 15) is 4.79 Å². The molecule has 4 heteroatoms. The third-order valence-electron chi connectivity index (χ3n) is 5.26. The molecule has 0 spiro atoms. The van der Waals surface area contributed by atoms with Gasteiger partial charge in [-0.3, -0.25) is 4.90 Å². The normalized spacial score (nSPS) is 21.6. The highest BCUT2D eigenvalue weighted by Gasteiger charge is 2.27. The van der Waals surface area contributed by atoms with Crippen molar-refractivity contribution in [2.75, 3.05) is 32.8 Å². The van der Waals surface area contributed by atoms with Crippen LogP contribution in [0.5, 0.6) is 0 Å². The maximum absolute atomic E-state index is 11.5. The fourth-order valence-corrected chi connectivity index (χ4v) is 4.08. The summed E-state index contributed by atoms with van der Waals surface area (Å²) in [6.45, 7) is 4.28. The monoisotopic (exact) mass is 324 g/mol. The summed E-state index contributed by atoms with van der Waals surface area (Å²) in [5.74, 6) is 0. The zero-order valence-corrected chi connectivity index (χ0v) is 14.0. The van der Waals surface area contributed by atoms with Crippen molar-refractivity contribution in [2.45, 2.75) is 25.3 Å². The Morgan fingerprint density at radius 2 is 1.92 bits per heavy atom. The number of ether oxygens (including phenoxy) is 1. The lowest BCUT2D eigenvalue weighted by atomic mass is 9.97. The maximum atomic E-state index is 11.5. The molecule has 0 aromatic heterocycles. The number of fused-ring (bicyclic) bond motifs is 1. The highest BCUT2D eigenvalue weighted by atomic mass is 16.6. The van der Waals surface area contributed by atoms with E-state index in [-0.39, 0.29) is 6.09 Å². The van der Waals surface area contributed by atoms with Crippen LogP contribution in [0.4, 0.5) is 4.79 Å². The van der Waals surface area contributed by atoms with Gasteiger partial charge in [0.25, 0.3) is 0 Å². The Hall–Kier alpha value is -2.07. The number of likely N-dealkylation sites (tertiary alicyclic amines) is 1. The number of cyclic esters (lactones) is 1. The molecule has 24 heavy (non-hydrogen) atoms. The van der Waals surface area contributed by atoms with Crippen molar-refractivity contribution in [3.63, 3.8) is 0 Å². The Morgan fingerprint density at radius 1 is 1.04 bits per heavy atom. The molecule has 0 bridgehead atoms. The minimum absolute atomic E-state index is 0.151. The molecule has 2 aromatic carbocycles. The molecule has 1 atom stereocenters. The van der Waals surface area contributed by atoms with Gasteiger partial charge in [0, 0.05) is 19.1 Å². The quantitative estimate of drug-likeness (QED) is 0.838. The molecule has 2 aliphatic heterocycles. The Labute approximate surface area is 143 Å². The van der Waals surface area contributed by atoms with Crippen LogP contribution >= 0.6 is 0 Å². The van der Waals surface area contributed by atoms with Gasteiger partial charge in [0.1, 0.15) is 6.61 Å². The van der Waals surface area contributed by atoms with Gasteiger partial charge in [0.2, 0.25) is 0 Å². The highest BCUT2D eigenvalue weighted by Crippen LogP contribution is 2.35. The second-order valence-electron chi connectivity index (χ2n) is 6.72. The van der Waals surface area contributed by atoms with Crippen molar-refractivity contribution in [3.05, 3.63) is 48.0 Å². The minimum Gasteiger partial charge on any atom is -0.448 e. The SMILES string of the molecule is O=C1OCCN1CCCN1CCCC1c1cccc2ccccc12. The molecular weight excluding hydrogens is 300 g/mol. The van der Waals surface area contributed by atoms with Crippen molar-refractivity contribution in [1.82, 2.24) is 9.80 Å². The van der Waals surface area contributed by atoms with Crippen molar-refractivity contribution < 1.29 is 9.53 Å². The fraction of sp³-hybridized carbons (Fsp3) is 0.450. The van der Waals surface area contributed by atoms with Gasteiger partial charge in [-0.1, -0.05) is 42.5 Å². The Kier molecular flexibility index (Phi) is 4.39. The molecule has 0 saturated carbocycles. The molecule has 4 nitrogen and oxygen atoms in total. The van der Waals surface area contributed by atoms with Crippen LogP contribution in [0, 0.1) is 0 Å². The van der Waals surface area contributed by atoms with Gasteiger partial charge >= 0.3 is 6.09 Å². The molecule has 1 unspecified atom stereocenters. The van der Waals surface area contributed by atoms with Crippen LogP contribution in [-0.2, 0) is 4.74 Å². The number of hydrogen-bond acceptors (Lipinski definition) is 3. The molecule has 2 fully saturated rings. The van der Waals surface area contributed by atoms with E-state index in [1.54, 1.807) is 0 Å². The number of carbonyl (C=O) groups excluding carboxylic acids is 1. The van der Waals surface area contributed by atoms with E-state index < -0.39 is 0 Å². The molecule has 2 saturated heterocycles. The van der Waals surface area contributed by atoms with E-state index in [4.69, 9.17) is 4.74 Å². The van der Waals surface area contributed by atoms with Crippen molar-refractivity contribution in [2.24, 2.45) is 0 Å². The van der Waals surface area contributed by atoms with Gasteiger partial charge in [-0.05, 0) is 42.1 Å². The van der Waals surface area contributed by atoms with E-state index >= 15 is 0 Å². The zero-order valence-electron chi connectivity index (χ0n) is 14.0. The molecule has 2 aliphatic rings. The predicted octanol–water partition coefficient (Wildman–Crippen LogP) is 3.82. The number of amides is 1. The molecule has 4 rings (SSSR count). The molecule has 2 heterocycles. The highest BCUT2D eigenvalue weighted by molar-refractivity contribution is 5.86. The predicted molar refractivity (Wildman–Crippen MR) is 95.0 cm³/mol. The van der Waals surface area contributed by atoms with Gasteiger partial charge in [-0.25, -0.2) is 4.79 Å². The smallest absolute Gasteiger partial charge is 0.409 e. The van der Waals surface area contributed by atoms with Gasteiger partial charge < -0.3 is 9.64 Å². The third kappa shape index (κ3) is 2.98. The van der Waals surface area contributed by atoms with Crippen molar-refractivity contribution in [3.8, 4) is 0 Å². The second kappa shape index (κ2) is 6.81. The van der Waals surface area contributed by atoms with Gasteiger partial charge in [-0.2, -0.15) is 0 Å². The average molecular weight is 324 g/mol. The number of benzene rings is 2. The fourth-order valence-electron chi connectivity index (χ4n) is 4.08. The summed E-state index contributed by atoms with van der Waals surface area (Å²) in [6, 6.07) is 15.8.